The summed E-state index contributed by atoms with van der Waals surface area (Å²) in [7, 11) is -3.30. The third kappa shape index (κ3) is 4.13. The van der Waals surface area contributed by atoms with E-state index in [-0.39, 0.29) is 5.75 Å². The van der Waals surface area contributed by atoms with Crippen LogP contribution in [0.1, 0.15) is 12.7 Å². The first-order valence-corrected chi connectivity index (χ1v) is 9.23. The van der Waals surface area contributed by atoms with E-state index in [1.807, 2.05) is 11.5 Å². The van der Waals surface area contributed by atoms with Crippen molar-refractivity contribution >= 4 is 15.7 Å². The second-order valence-electron chi connectivity index (χ2n) is 5.19. The molecule has 0 spiro atoms. The van der Waals surface area contributed by atoms with Crippen LogP contribution in [0.2, 0.25) is 0 Å². The summed E-state index contributed by atoms with van der Waals surface area (Å²) in [5, 5.41) is 0. The minimum atomic E-state index is -3.30. The van der Waals surface area contributed by atoms with Gasteiger partial charge in [-0.2, -0.15) is 0 Å². The van der Waals surface area contributed by atoms with Gasteiger partial charge in [0.15, 0.2) is 0 Å². The molecule has 2 heterocycles. The number of anilines is 1. The first-order valence-electron chi connectivity index (χ1n) is 7.57. The Morgan fingerprint density at radius 3 is 2.56 bits per heavy atom. The van der Waals surface area contributed by atoms with E-state index in [9.17, 15) is 8.42 Å². The Hall–Kier alpha value is -2.94. The number of hydrogen-bond acceptors (Lipinski definition) is 6. The normalized spacial score (nSPS) is 11.3. The van der Waals surface area contributed by atoms with Crippen LogP contribution in [0.3, 0.4) is 0 Å². The SMILES string of the molecule is CCS(=O)(=O)Nc1ccc(Oc2cc(-n3ccnc3C)ncn2)cc1. The number of aryl methyl sites for hydroxylation is 1. The summed E-state index contributed by atoms with van der Waals surface area (Å²) >= 11 is 0. The average molecular weight is 359 g/mol. The van der Waals surface area contributed by atoms with Crippen LogP contribution in [-0.2, 0) is 10.0 Å². The summed E-state index contributed by atoms with van der Waals surface area (Å²) in [5.74, 6) is 2.37. The molecule has 8 nitrogen and oxygen atoms in total. The zero-order valence-corrected chi connectivity index (χ0v) is 14.6. The van der Waals surface area contributed by atoms with Crippen LogP contribution in [0.4, 0.5) is 5.69 Å². The summed E-state index contributed by atoms with van der Waals surface area (Å²) in [5.41, 5.74) is 0.478. The molecule has 0 aliphatic carbocycles. The molecule has 0 fully saturated rings. The minimum Gasteiger partial charge on any atom is -0.439 e. The predicted octanol–water partition coefficient (Wildman–Crippen LogP) is 2.52. The number of rotatable bonds is 6. The summed E-state index contributed by atoms with van der Waals surface area (Å²) in [6.07, 6.45) is 4.90. The average Bonchev–Trinajstić information content (AvgIpc) is 3.03. The molecule has 1 aromatic carbocycles. The van der Waals surface area contributed by atoms with Gasteiger partial charge in [0, 0.05) is 24.1 Å². The highest BCUT2D eigenvalue weighted by Crippen LogP contribution is 2.23. The zero-order chi connectivity index (χ0) is 17.9. The van der Waals surface area contributed by atoms with Gasteiger partial charge >= 0.3 is 0 Å². The molecular weight excluding hydrogens is 342 g/mol. The van der Waals surface area contributed by atoms with E-state index < -0.39 is 10.0 Å². The Morgan fingerprint density at radius 2 is 1.92 bits per heavy atom. The van der Waals surface area contributed by atoms with Gasteiger partial charge < -0.3 is 4.74 Å². The highest BCUT2D eigenvalue weighted by molar-refractivity contribution is 7.92. The Balaban J connectivity index is 1.76. The van der Waals surface area contributed by atoms with E-state index in [0.717, 1.165) is 5.82 Å². The van der Waals surface area contributed by atoms with Crippen LogP contribution in [0.15, 0.2) is 49.1 Å². The molecule has 0 bridgehead atoms. The first-order chi connectivity index (χ1) is 12.0. The Morgan fingerprint density at radius 1 is 1.16 bits per heavy atom. The molecule has 9 heteroatoms. The molecule has 2 aromatic heterocycles. The Bertz CT molecular complexity index is 967. The number of sulfonamides is 1. The summed E-state index contributed by atoms with van der Waals surface area (Å²) in [6, 6.07) is 8.28. The quantitative estimate of drug-likeness (QED) is 0.726. The summed E-state index contributed by atoms with van der Waals surface area (Å²) in [4.78, 5) is 12.5. The number of imidazole rings is 1. The largest absolute Gasteiger partial charge is 0.439 e. The fourth-order valence-corrected chi connectivity index (χ4v) is 2.74. The van der Waals surface area contributed by atoms with Crippen molar-refractivity contribution in [3.8, 4) is 17.4 Å². The molecule has 0 amide bonds. The molecule has 0 radical (unpaired) electrons. The molecule has 0 saturated carbocycles. The molecule has 0 aliphatic heterocycles. The smallest absolute Gasteiger partial charge is 0.232 e. The van der Waals surface area contributed by atoms with Gasteiger partial charge in [0.1, 0.15) is 23.7 Å². The lowest BCUT2D eigenvalue weighted by Gasteiger charge is -2.09. The molecule has 130 valence electrons. The number of nitrogens with one attached hydrogen (secondary N) is 1. The van der Waals surface area contributed by atoms with Gasteiger partial charge in [-0.05, 0) is 38.1 Å². The van der Waals surface area contributed by atoms with Crippen molar-refractivity contribution < 1.29 is 13.2 Å². The van der Waals surface area contributed by atoms with Crippen molar-refractivity contribution in [1.82, 2.24) is 19.5 Å². The van der Waals surface area contributed by atoms with E-state index in [4.69, 9.17) is 4.74 Å². The highest BCUT2D eigenvalue weighted by Gasteiger charge is 2.08. The van der Waals surface area contributed by atoms with Gasteiger partial charge in [-0.25, -0.2) is 23.4 Å². The predicted molar refractivity (Wildman–Crippen MR) is 93.5 cm³/mol. The van der Waals surface area contributed by atoms with Gasteiger partial charge in [-0.1, -0.05) is 0 Å². The van der Waals surface area contributed by atoms with Crippen LogP contribution in [-0.4, -0.2) is 33.7 Å². The Kier molecular flexibility index (Phi) is 4.66. The zero-order valence-electron chi connectivity index (χ0n) is 13.7. The Labute approximate surface area is 145 Å². The van der Waals surface area contributed by atoms with Crippen LogP contribution in [0.25, 0.3) is 5.82 Å². The van der Waals surface area contributed by atoms with Gasteiger partial charge in [0.25, 0.3) is 0 Å². The molecule has 1 N–H and O–H groups in total. The molecule has 0 atom stereocenters. The minimum absolute atomic E-state index is 0.0165. The van der Waals surface area contributed by atoms with Crippen LogP contribution in [0, 0.1) is 6.92 Å². The number of ether oxygens (including phenoxy) is 1. The number of aromatic nitrogens is 4. The molecule has 0 saturated heterocycles. The lowest BCUT2D eigenvalue weighted by Crippen LogP contribution is -2.14. The summed E-state index contributed by atoms with van der Waals surface area (Å²) in [6.45, 7) is 3.45. The maximum Gasteiger partial charge on any atom is 0.232 e. The monoisotopic (exact) mass is 359 g/mol. The topological polar surface area (TPSA) is 99.0 Å². The van der Waals surface area contributed by atoms with Gasteiger partial charge in [0.05, 0.1) is 5.75 Å². The van der Waals surface area contributed by atoms with Gasteiger partial charge in [-0.3, -0.25) is 9.29 Å². The van der Waals surface area contributed by atoms with E-state index in [2.05, 4.69) is 19.7 Å². The van der Waals surface area contributed by atoms with E-state index in [0.29, 0.717) is 23.1 Å². The van der Waals surface area contributed by atoms with Crippen molar-refractivity contribution in [3.63, 3.8) is 0 Å². The van der Waals surface area contributed by atoms with E-state index in [1.165, 1.54) is 6.33 Å². The second kappa shape index (κ2) is 6.89. The molecular formula is C16H17N5O3S. The third-order valence-electron chi connectivity index (χ3n) is 3.43. The van der Waals surface area contributed by atoms with E-state index >= 15 is 0 Å². The van der Waals surface area contributed by atoms with Crippen LogP contribution >= 0.6 is 0 Å². The van der Waals surface area contributed by atoms with Crippen molar-refractivity contribution in [2.75, 3.05) is 10.5 Å². The third-order valence-corrected chi connectivity index (χ3v) is 4.74. The first kappa shape index (κ1) is 16.9. The van der Waals surface area contributed by atoms with Crippen LogP contribution < -0.4 is 9.46 Å². The second-order valence-corrected chi connectivity index (χ2v) is 7.20. The number of hydrogen-bond donors (Lipinski definition) is 1. The fourth-order valence-electron chi connectivity index (χ4n) is 2.10. The van der Waals surface area contributed by atoms with Crippen LogP contribution in [0.5, 0.6) is 11.6 Å². The summed E-state index contributed by atoms with van der Waals surface area (Å²) < 4.78 is 33.1. The lowest BCUT2D eigenvalue weighted by molar-refractivity contribution is 0.461. The molecule has 0 unspecified atom stereocenters. The molecule has 25 heavy (non-hydrogen) atoms. The van der Waals surface area contributed by atoms with Crippen molar-refractivity contribution in [3.05, 3.63) is 54.9 Å². The van der Waals surface area contributed by atoms with Crippen molar-refractivity contribution in [2.45, 2.75) is 13.8 Å². The van der Waals surface area contributed by atoms with Crippen molar-refractivity contribution in [1.29, 1.82) is 0 Å². The van der Waals surface area contributed by atoms with Crippen molar-refractivity contribution in [2.24, 2.45) is 0 Å². The number of benzene rings is 1. The highest BCUT2D eigenvalue weighted by atomic mass is 32.2. The van der Waals surface area contributed by atoms with Gasteiger partial charge in [-0.15, -0.1) is 0 Å². The fraction of sp³-hybridized carbons (Fsp3) is 0.188. The maximum absolute atomic E-state index is 11.6. The molecule has 0 aliphatic rings. The molecule has 3 rings (SSSR count). The molecule has 3 aromatic rings. The maximum atomic E-state index is 11.6. The lowest BCUT2D eigenvalue weighted by atomic mass is 10.3. The standard InChI is InChI=1S/C16H17N5O3S/c1-3-25(22,23)20-13-4-6-14(7-5-13)24-16-10-15(18-11-19-16)21-9-8-17-12(21)2/h4-11,20H,3H2,1-2H3. The van der Waals surface area contributed by atoms with E-state index in [1.54, 1.807) is 49.6 Å². The number of nitrogens with zero attached hydrogens (tertiary/aromatic N) is 4. The van der Waals surface area contributed by atoms with Gasteiger partial charge in [0.2, 0.25) is 15.9 Å².